The van der Waals surface area contributed by atoms with Gasteiger partial charge in [-0.2, -0.15) is 0 Å². The highest BCUT2D eigenvalue weighted by Gasteiger charge is 2.35. The lowest BCUT2D eigenvalue weighted by molar-refractivity contribution is -0.171. The van der Waals surface area contributed by atoms with Crippen LogP contribution in [0.15, 0.2) is 22.7 Å². The predicted molar refractivity (Wildman–Crippen MR) is 127 cm³/mol. The molecule has 0 saturated heterocycles. The van der Waals surface area contributed by atoms with Crippen LogP contribution in [0, 0.1) is 6.92 Å². The number of aromatic nitrogens is 1. The number of ether oxygens (including phenoxy) is 3. The van der Waals surface area contributed by atoms with Gasteiger partial charge in [0.05, 0.1) is 36.3 Å². The molecule has 1 N–H and O–H groups in total. The van der Waals surface area contributed by atoms with Gasteiger partial charge in [0.2, 0.25) is 0 Å². The standard InChI is InChI=1S/C25H32BrNO5/c1-14(2)31-24(29)23(32-25(4,5)6)21-18(13-28)27-15(3)22(26)20(21)17-9-10-19-16(12-17)8-7-11-30-19/h9-10,12,14,23,28H,7-8,11,13H2,1-6H3. The molecule has 1 unspecified atom stereocenters. The number of aryl methyl sites for hydroxylation is 2. The molecule has 0 amide bonds. The topological polar surface area (TPSA) is 77.9 Å². The highest BCUT2D eigenvalue weighted by atomic mass is 79.9. The molecule has 0 aliphatic carbocycles. The fourth-order valence-electron chi connectivity index (χ4n) is 3.83. The fourth-order valence-corrected chi connectivity index (χ4v) is 4.36. The summed E-state index contributed by atoms with van der Waals surface area (Å²) < 4.78 is 18.3. The summed E-state index contributed by atoms with van der Waals surface area (Å²) in [6.45, 7) is 11.5. The lowest BCUT2D eigenvalue weighted by atomic mass is 9.91. The summed E-state index contributed by atoms with van der Waals surface area (Å²) in [7, 11) is 0. The molecular formula is C25H32BrNO5. The number of hydrogen-bond acceptors (Lipinski definition) is 6. The van der Waals surface area contributed by atoms with Gasteiger partial charge in [-0.25, -0.2) is 4.79 Å². The Kier molecular flexibility index (Phi) is 7.63. The smallest absolute Gasteiger partial charge is 0.340 e. The van der Waals surface area contributed by atoms with Crippen molar-refractivity contribution in [1.82, 2.24) is 4.98 Å². The Morgan fingerprint density at radius 3 is 2.66 bits per heavy atom. The summed E-state index contributed by atoms with van der Waals surface area (Å²) in [5.74, 6) is 0.372. The molecule has 6 nitrogen and oxygen atoms in total. The van der Waals surface area contributed by atoms with Crippen LogP contribution in [-0.2, 0) is 27.3 Å². The summed E-state index contributed by atoms with van der Waals surface area (Å²) in [5, 5.41) is 10.2. The molecule has 0 spiro atoms. The normalized spacial score (nSPS) is 14.7. The minimum absolute atomic E-state index is 0.308. The average Bonchev–Trinajstić information content (AvgIpc) is 2.72. The van der Waals surface area contributed by atoms with Crippen LogP contribution in [0.1, 0.15) is 69.7 Å². The summed E-state index contributed by atoms with van der Waals surface area (Å²) in [6.07, 6.45) is 0.520. The molecule has 1 aliphatic rings. The predicted octanol–water partition coefficient (Wildman–Crippen LogP) is 5.44. The van der Waals surface area contributed by atoms with E-state index in [0.29, 0.717) is 23.6 Å². The summed E-state index contributed by atoms with van der Waals surface area (Å²) in [5.41, 5.74) is 3.78. The minimum atomic E-state index is -1.05. The Morgan fingerprint density at radius 1 is 1.31 bits per heavy atom. The van der Waals surface area contributed by atoms with Gasteiger partial charge in [0.1, 0.15) is 5.75 Å². The van der Waals surface area contributed by atoms with Crippen LogP contribution in [0.25, 0.3) is 11.1 Å². The van der Waals surface area contributed by atoms with Gasteiger partial charge in [0.15, 0.2) is 6.10 Å². The third-order valence-corrected chi connectivity index (χ3v) is 6.04. The number of esters is 1. The van der Waals surface area contributed by atoms with E-state index in [4.69, 9.17) is 14.2 Å². The van der Waals surface area contributed by atoms with Crippen molar-refractivity contribution in [1.29, 1.82) is 0 Å². The van der Waals surface area contributed by atoms with E-state index < -0.39 is 17.7 Å². The molecular weight excluding hydrogens is 474 g/mol. The van der Waals surface area contributed by atoms with Gasteiger partial charge in [-0.3, -0.25) is 4.98 Å². The first-order chi connectivity index (χ1) is 15.0. The van der Waals surface area contributed by atoms with Crippen LogP contribution < -0.4 is 4.74 Å². The second-order valence-electron chi connectivity index (χ2n) is 9.28. The average molecular weight is 506 g/mol. The first-order valence-electron chi connectivity index (χ1n) is 11.0. The van der Waals surface area contributed by atoms with Crippen molar-refractivity contribution >= 4 is 21.9 Å². The molecule has 0 fully saturated rings. The lowest BCUT2D eigenvalue weighted by Crippen LogP contribution is -2.31. The quantitative estimate of drug-likeness (QED) is 0.526. The van der Waals surface area contributed by atoms with E-state index in [2.05, 4.69) is 27.0 Å². The molecule has 2 heterocycles. The number of nitrogens with zero attached hydrogens (tertiary/aromatic N) is 1. The SMILES string of the molecule is Cc1nc(CO)c(C(OC(C)(C)C)C(=O)OC(C)C)c(-c2ccc3c(c2)CCCO3)c1Br. The van der Waals surface area contributed by atoms with Crippen LogP contribution in [0.5, 0.6) is 5.75 Å². The van der Waals surface area contributed by atoms with E-state index in [9.17, 15) is 9.90 Å². The highest BCUT2D eigenvalue weighted by molar-refractivity contribution is 9.10. The molecule has 3 rings (SSSR count). The second kappa shape index (κ2) is 9.89. The van der Waals surface area contributed by atoms with Gasteiger partial charge in [0, 0.05) is 15.6 Å². The van der Waals surface area contributed by atoms with E-state index in [1.807, 2.05) is 39.8 Å². The van der Waals surface area contributed by atoms with Crippen LogP contribution in [0.2, 0.25) is 0 Å². The third kappa shape index (κ3) is 5.50. The van der Waals surface area contributed by atoms with E-state index >= 15 is 0 Å². The molecule has 2 aromatic rings. The van der Waals surface area contributed by atoms with Crippen molar-refractivity contribution in [2.45, 2.75) is 78.8 Å². The number of carbonyl (C=O) groups is 1. The van der Waals surface area contributed by atoms with Crippen LogP contribution in [0.3, 0.4) is 0 Å². The van der Waals surface area contributed by atoms with E-state index in [1.165, 1.54) is 0 Å². The number of rotatable bonds is 6. The highest BCUT2D eigenvalue weighted by Crippen LogP contribution is 2.42. The number of aliphatic hydroxyl groups is 1. The number of halogens is 1. The zero-order chi connectivity index (χ0) is 23.6. The van der Waals surface area contributed by atoms with Crippen molar-refractivity contribution in [2.75, 3.05) is 6.61 Å². The molecule has 0 bridgehead atoms. The van der Waals surface area contributed by atoms with Gasteiger partial charge in [-0.05, 0) is 93.6 Å². The Balaban J connectivity index is 2.27. The number of carbonyl (C=O) groups excluding carboxylic acids is 1. The number of benzene rings is 1. The molecule has 0 saturated carbocycles. The Bertz CT molecular complexity index is 997. The maximum Gasteiger partial charge on any atom is 0.340 e. The first kappa shape index (κ1) is 24.7. The monoisotopic (exact) mass is 505 g/mol. The second-order valence-corrected chi connectivity index (χ2v) is 10.1. The Morgan fingerprint density at radius 2 is 2.03 bits per heavy atom. The zero-order valence-electron chi connectivity index (χ0n) is 19.6. The molecule has 7 heteroatoms. The number of hydrogen-bond donors (Lipinski definition) is 1. The Hall–Kier alpha value is -1.96. The first-order valence-corrected chi connectivity index (χ1v) is 11.7. The molecule has 1 aliphatic heterocycles. The van der Waals surface area contributed by atoms with E-state index in [1.54, 1.807) is 13.8 Å². The minimum Gasteiger partial charge on any atom is -0.493 e. The molecule has 32 heavy (non-hydrogen) atoms. The maximum atomic E-state index is 13.2. The molecule has 1 aromatic carbocycles. The zero-order valence-corrected chi connectivity index (χ0v) is 21.2. The molecule has 0 radical (unpaired) electrons. The van der Waals surface area contributed by atoms with Crippen molar-refractivity contribution < 1.29 is 24.1 Å². The maximum absolute atomic E-state index is 13.2. The lowest BCUT2D eigenvalue weighted by Gasteiger charge is -2.30. The van der Waals surface area contributed by atoms with Gasteiger partial charge < -0.3 is 19.3 Å². The van der Waals surface area contributed by atoms with Gasteiger partial charge in [-0.15, -0.1) is 0 Å². The Labute approximate surface area is 198 Å². The van der Waals surface area contributed by atoms with Crippen molar-refractivity contribution in [2.24, 2.45) is 0 Å². The summed E-state index contributed by atoms with van der Waals surface area (Å²) in [4.78, 5) is 17.8. The number of pyridine rings is 1. The van der Waals surface area contributed by atoms with Crippen LogP contribution in [-0.4, -0.2) is 34.4 Å². The van der Waals surface area contributed by atoms with Crippen molar-refractivity contribution in [3.05, 3.63) is 45.2 Å². The molecule has 174 valence electrons. The fraction of sp³-hybridized carbons (Fsp3) is 0.520. The molecule has 1 atom stereocenters. The van der Waals surface area contributed by atoms with Gasteiger partial charge >= 0.3 is 5.97 Å². The summed E-state index contributed by atoms with van der Waals surface area (Å²) >= 11 is 3.69. The van der Waals surface area contributed by atoms with Gasteiger partial charge in [0.25, 0.3) is 0 Å². The number of fused-ring (bicyclic) bond motifs is 1. The number of aliphatic hydroxyl groups excluding tert-OH is 1. The molecule has 1 aromatic heterocycles. The van der Waals surface area contributed by atoms with Crippen molar-refractivity contribution in [3.63, 3.8) is 0 Å². The summed E-state index contributed by atoms with van der Waals surface area (Å²) in [6, 6.07) is 6.01. The van der Waals surface area contributed by atoms with E-state index in [0.717, 1.165) is 39.8 Å². The van der Waals surface area contributed by atoms with Crippen LogP contribution >= 0.6 is 15.9 Å². The largest absolute Gasteiger partial charge is 0.493 e. The van der Waals surface area contributed by atoms with Crippen LogP contribution in [0.4, 0.5) is 0 Å². The van der Waals surface area contributed by atoms with E-state index in [-0.39, 0.29) is 12.7 Å². The van der Waals surface area contributed by atoms with Crippen molar-refractivity contribution in [3.8, 4) is 16.9 Å². The van der Waals surface area contributed by atoms with Gasteiger partial charge in [-0.1, -0.05) is 6.07 Å². The third-order valence-electron chi connectivity index (χ3n) is 5.07.